The fourth-order valence-electron chi connectivity index (χ4n) is 1.47. The minimum absolute atomic E-state index is 0.366. The second-order valence-corrected chi connectivity index (χ2v) is 5.98. The maximum atomic E-state index is 11.3. The number of carboxylic acid groups (broad SMARTS) is 1. The largest absolute Gasteiger partial charge is 0.479 e. The van der Waals surface area contributed by atoms with Gasteiger partial charge in [0.05, 0.1) is 5.02 Å². The Hall–Kier alpha value is -1.22. The maximum Gasteiger partial charge on any atom is 0.331 e. The molecule has 8 heteroatoms. The van der Waals surface area contributed by atoms with E-state index in [0.29, 0.717) is 16.4 Å². The maximum absolute atomic E-state index is 11.3. The topological polar surface area (TPSA) is 80.9 Å². The van der Waals surface area contributed by atoms with E-state index in [9.17, 15) is 9.90 Å². The van der Waals surface area contributed by atoms with Gasteiger partial charge in [0.15, 0.2) is 11.4 Å². The molecule has 1 aromatic carbocycles. The first-order chi connectivity index (χ1) is 8.84. The molecule has 0 unspecified atom stereocenters. The zero-order valence-corrected chi connectivity index (χ0v) is 13.0. The molecule has 19 heavy (non-hydrogen) atoms. The van der Waals surface area contributed by atoms with E-state index in [1.54, 1.807) is 12.1 Å². The Balaban J connectivity index is 2.56. The van der Waals surface area contributed by atoms with Crippen LogP contribution in [0, 0.1) is 3.57 Å². The Morgan fingerprint density at radius 1 is 1.47 bits per heavy atom. The van der Waals surface area contributed by atoms with Crippen LogP contribution in [-0.2, 0) is 10.3 Å². The molecule has 2 aromatic rings. The van der Waals surface area contributed by atoms with Gasteiger partial charge < -0.3 is 5.11 Å². The molecule has 6 nitrogen and oxygen atoms in total. The predicted octanol–water partition coefficient (Wildman–Crippen LogP) is 2.42. The number of hydrogen-bond donors (Lipinski definition) is 1. The van der Waals surface area contributed by atoms with Crippen LogP contribution in [0.2, 0.25) is 5.02 Å². The number of rotatable bonds is 3. The molecule has 1 heterocycles. The lowest BCUT2D eigenvalue weighted by Crippen LogP contribution is -2.37. The van der Waals surface area contributed by atoms with Crippen LogP contribution in [0.4, 0.5) is 0 Å². The first kappa shape index (κ1) is 14.2. The van der Waals surface area contributed by atoms with Crippen molar-refractivity contribution in [3.05, 3.63) is 26.8 Å². The van der Waals surface area contributed by atoms with Crippen LogP contribution in [0.3, 0.4) is 0 Å². The van der Waals surface area contributed by atoms with Crippen LogP contribution in [0.5, 0.6) is 0 Å². The molecule has 100 valence electrons. The zero-order valence-electron chi connectivity index (χ0n) is 10.1. The number of tetrazole rings is 1. The highest BCUT2D eigenvalue weighted by Gasteiger charge is 2.33. The number of nitrogens with zero attached hydrogens (tertiary/aromatic N) is 4. The lowest BCUT2D eigenvalue weighted by atomic mass is 10.1. The molecule has 0 radical (unpaired) electrons. The Kier molecular flexibility index (Phi) is 3.77. The van der Waals surface area contributed by atoms with Crippen molar-refractivity contribution < 1.29 is 9.90 Å². The minimum Gasteiger partial charge on any atom is -0.479 e. The molecular weight excluding hydrogens is 383 g/mol. The fourth-order valence-corrected chi connectivity index (χ4v) is 1.99. The summed E-state index contributed by atoms with van der Waals surface area (Å²) in [6.45, 7) is 3.06. The van der Waals surface area contributed by atoms with Crippen LogP contribution in [-0.4, -0.2) is 31.3 Å². The number of benzene rings is 1. The van der Waals surface area contributed by atoms with Crippen LogP contribution < -0.4 is 0 Å². The minimum atomic E-state index is -1.24. The summed E-state index contributed by atoms with van der Waals surface area (Å²) in [6, 6.07) is 5.34. The Morgan fingerprint density at radius 2 is 2.16 bits per heavy atom. The van der Waals surface area contributed by atoms with E-state index in [2.05, 4.69) is 38.1 Å². The second-order valence-electron chi connectivity index (χ2n) is 4.41. The van der Waals surface area contributed by atoms with Crippen molar-refractivity contribution >= 4 is 40.2 Å². The third-order valence-electron chi connectivity index (χ3n) is 2.70. The van der Waals surface area contributed by atoms with Crippen molar-refractivity contribution in [2.75, 3.05) is 0 Å². The summed E-state index contributed by atoms with van der Waals surface area (Å²) in [6.07, 6.45) is 0. The van der Waals surface area contributed by atoms with Gasteiger partial charge in [-0.25, -0.2) is 9.48 Å². The van der Waals surface area contributed by atoms with Crippen LogP contribution in [0.15, 0.2) is 18.2 Å². The molecule has 0 saturated carbocycles. The highest BCUT2D eigenvalue weighted by Crippen LogP contribution is 2.27. The molecule has 1 aromatic heterocycles. The molecule has 1 N–H and O–H groups in total. The van der Waals surface area contributed by atoms with Crippen LogP contribution >= 0.6 is 34.2 Å². The molecule has 0 saturated heterocycles. The van der Waals surface area contributed by atoms with Gasteiger partial charge in [-0.1, -0.05) is 11.6 Å². The molecule has 0 aliphatic carbocycles. The fraction of sp³-hybridized carbons (Fsp3) is 0.273. The SMILES string of the molecule is CC(C)(C(=O)O)n1nnnc1-c1ccc(I)c(Cl)c1. The van der Waals surface area contributed by atoms with Gasteiger partial charge in [0.1, 0.15) is 0 Å². The van der Waals surface area contributed by atoms with E-state index >= 15 is 0 Å². The van der Waals surface area contributed by atoms with Gasteiger partial charge >= 0.3 is 5.97 Å². The number of halogens is 2. The number of aromatic nitrogens is 4. The normalized spacial score (nSPS) is 11.6. The van der Waals surface area contributed by atoms with E-state index in [0.717, 1.165) is 3.57 Å². The smallest absolute Gasteiger partial charge is 0.331 e. The van der Waals surface area contributed by atoms with Gasteiger partial charge in [0.2, 0.25) is 0 Å². The number of aliphatic carboxylic acids is 1. The summed E-state index contributed by atoms with van der Waals surface area (Å²) < 4.78 is 2.17. The molecule has 0 aliphatic heterocycles. The Labute approximate surface area is 127 Å². The molecule has 0 atom stereocenters. The highest BCUT2D eigenvalue weighted by atomic mass is 127. The van der Waals surface area contributed by atoms with Crippen LogP contribution in [0.25, 0.3) is 11.4 Å². The van der Waals surface area contributed by atoms with Gasteiger partial charge in [0.25, 0.3) is 0 Å². The highest BCUT2D eigenvalue weighted by molar-refractivity contribution is 14.1. The monoisotopic (exact) mass is 392 g/mol. The van der Waals surface area contributed by atoms with E-state index in [1.807, 2.05) is 6.07 Å². The van der Waals surface area contributed by atoms with Crippen molar-refractivity contribution in [3.8, 4) is 11.4 Å². The summed E-state index contributed by atoms with van der Waals surface area (Å²) in [7, 11) is 0. The van der Waals surface area contributed by atoms with Crippen molar-refractivity contribution in [1.82, 2.24) is 20.2 Å². The first-order valence-electron chi connectivity index (χ1n) is 5.31. The zero-order chi connectivity index (χ0) is 14.2. The van der Waals surface area contributed by atoms with Crippen molar-refractivity contribution in [3.63, 3.8) is 0 Å². The lowest BCUT2D eigenvalue weighted by Gasteiger charge is -2.20. The molecule has 2 rings (SSSR count). The summed E-state index contributed by atoms with van der Waals surface area (Å²) >= 11 is 8.17. The van der Waals surface area contributed by atoms with Crippen molar-refractivity contribution in [1.29, 1.82) is 0 Å². The summed E-state index contributed by atoms with van der Waals surface area (Å²) in [4.78, 5) is 11.3. The van der Waals surface area contributed by atoms with E-state index < -0.39 is 11.5 Å². The van der Waals surface area contributed by atoms with Gasteiger partial charge in [0, 0.05) is 9.13 Å². The molecule has 0 aliphatic rings. The van der Waals surface area contributed by atoms with E-state index in [1.165, 1.54) is 18.5 Å². The Bertz CT molecular complexity index is 641. The third kappa shape index (κ3) is 2.57. The van der Waals surface area contributed by atoms with Gasteiger partial charge in [-0.3, -0.25) is 0 Å². The summed E-state index contributed by atoms with van der Waals surface area (Å²) in [5, 5.41) is 21.0. The average Bonchev–Trinajstić information content (AvgIpc) is 2.82. The molecule has 0 bridgehead atoms. The lowest BCUT2D eigenvalue weighted by molar-refractivity contribution is -0.146. The standard InChI is InChI=1S/C11H10ClIN4O2/c1-11(2,10(18)19)17-9(14-15-16-17)6-3-4-8(13)7(12)5-6/h3-5H,1-2H3,(H,18,19). The van der Waals surface area contributed by atoms with Gasteiger partial charge in [-0.05, 0) is 65.1 Å². The average molecular weight is 393 g/mol. The number of carbonyl (C=O) groups is 1. The number of hydrogen-bond acceptors (Lipinski definition) is 4. The quantitative estimate of drug-likeness (QED) is 0.812. The van der Waals surface area contributed by atoms with Gasteiger partial charge in [-0.15, -0.1) is 5.10 Å². The number of carboxylic acids is 1. The van der Waals surface area contributed by atoms with Crippen LogP contribution in [0.1, 0.15) is 13.8 Å². The predicted molar refractivity (Wildman–Crippen MR) is 77.9 cm³/mol. The van der Waals surface area contributed by atoms with Crippen molar-refractivity contribution in [2.24, 2.45) is 0 Å². The van der Waals surface area contributed by atoms with Gasteiger partial charge in [-0.2, -0.15) is 0 Å². The third-order valence-corrected chi connectivity index (χ3v) is 4.27. The first-order valence-corrected chi connectivity index (χ1v) is 6.77. The molecule has 0 fully saturated rings. The summed E-state index contributed by atoms with van der Waals surface area (Å²) in [5.41, 5.74) is -0.571. The van der Waals surface area contributed by atoms with Crippen molar-refractivity contribution in [2.45, 2.75) is 19.4 Å². The van der Waals surface area contributed by atoms with E-state index in [4.69, 9.17) is 11.6 Å². The second kappa shape index (κ2) is 5.04. The summed E-state index contributed by atoms with van der Waals surface area (Å²) in [5.74, 6) is -0.650. The molecule has 0 spiro atoms. The Morgan fingerprint density at radius 3 is 2.74 bits per heavy atom. The van der Waals surface area contributed by atoms with E-state index in [-0.39, 0.29) is 0 Å². The molecule has 0 amide bonds. The molecular formula is C11H10ClIN4O2.